The number of aryl methyl sites for hydroxylation is 1. The maximum atomic E-state index is 10.8. The quantitative estimate of drug-likeness (QED) is 0.644. The van der Waals surface area contributed by atoms with Crippen molar-refractivity contribution in [2.45, 2.75) is 6.92 Å². The summed E-state index contributed by atoms with van der Waals surface area (Å²) in [5.74, 6) is 0.190. The standard InChI is InChI=1S/C14H10N2O2/c1-9-6-12(16-14(7-17)15-9)11-8-18-13-5-3-2-4-10(11)13/h2-8H,1H3. The van der Waals surface area contributed by atoms with Gasteiger partial charge in [-0.15, -0.1) is 0 Å². The van der Waals surface area contributed by atoms with Gasteiger partial charge in [0.15, 0.2) is 12.1 Å². The smallest absolute Gasteiger partial charge is 0.193 e. The van der Waals surface area contributed by atoms with Crippen LogP contribution in [0.3, 0.4) is 0 Å². The fraction of sp³-hybridized carbons (Fsp3) is 0.0714. The Kier molecular flexibility index (Phi) is 2.41. The van der Waals surface area contributed by atoms with Crippen LogP contribution in [0.5, 0.6) is 0 Å². The predicted octanol–water partition coefficient (Wildman–Crippen LogP) is 3.01. The molecule has 0 unspecified atom stereocenters. The zero-order valence-electron chi connectivity index (χ0n) is 9.75. The van der Waals surface area contributed by atoms with Crippen molar-refractivity contribution in [3.8, 4) is 11.3 Å². The summed E-state index contributed by atoms with van der Waals surface area (Å²) in [5.41, 5.74) is 3.14. The Labute approximate surface area is 103 Å². The van der Waals surface area contributed by atoms with Crippen LogP contribution in [-0.2, 0) is 0 Å². The minimum absolute atomic E-state index is 0.190. The molecular formula is C14H10N2O2. The molecule has 2 aromatic heterocycles. The van der Waals surface area contributed by atoms with Crippen LogP contribution in [0.1, 0.15) is 16.3 Å². The number of nitrogens with zero attached hydrogens (tertiary/aromatic N) is 2. The lowest BCUT2D eigenvalue weighted by Crippen LogP contribution is -1.96. The molecule has 0 N–H and O–H groups in total. The first-order chi connectivity index (χ1) is 8.78. The third-order valence-electron chi connectivity index (χ3n) is 2.73. The van der Waals surface area contributed by atoms with E-state index in [2.05, 4.69) is 9.97 Å². The molecule has 3 aromatic rings. The molecule has 0 aliphatic carbocycles. The van der Waals surface area contributed by atoms with Crippen LogP contribution in [0.2, 0.25) is 0 Å². The Morgan fingerprint density at radius 2 is 2.06 bits per heavy atom. The van der Waals surface area contributed by atoms with Gasteiger partial charge in [-0.2, -0.15) is 0 Å². The molecule has 2 heterocycles. The van der Waals surface area contributed by atoms with E-state index in [0.29, 0.717) is 12.0 Å². The third-order valence-corrected chi connectivity index (χ3v) is 2.73. The van der Waals surface area contributed by atoms with Gasteiger partial charge in [0, 0.05) is 16.6 Å². The summed E-state index contributed by atoms with van der Waals surface area (Å²) >= 11 is 0. The average molecular weight is 238 g/mol. The number of aldehydes is 1. The van der Waals surface area contributed by atoms with E-state index in [9.17, 15) is 4.79 Å². The number of aromatic nitrogens is 2. The molecule has 4 nitrogen and oxygen atoms in total. The van der Waals surface area contributed by atoms with Crippen LogP contribution >= 0.6 is 0 Å². The average Bonchev–Trinajstić information content (AvgIpc) is 2.81. The molecule has 0 aliphatic heterocycles. The van der Waals surface area contributed by atoms with Crippen LogP contribution in [-0.4, -0.2) is 16.3 Å². The van der Waals surface area contributed by atoms with Crippen LogP contribution in [0.25, 0.3) is 22.2 Å². The molecule has 0 aliphatic rings. The second-order valence-electron chi connectivity index (χ2n) is 4.02. The van der Waals surface area contributed by atoms with Gasteiger partial charge in [-0.05, 0) is 19.1 Å². The summed E-state index contributed by atoms with van der Waals surface area (Å²) in [6.07, 6.45) is 2.31. The lowest BCUT2D eigenvalue weighted by molar-refractivity contribution is 0.111. The lowest BCUT2D eigenvalue weighted by Gasteiger charge is -2.00. The minimum Gasteiger partial charge on any atom is -0.464 e. The van der Waals surface area contributed by atoms with E-state index in [1.54, 1.807) is 6.26 Å². The van der Waals surface area contributed by atoms with Crippen LogP contribution in [0.15, 0.2) is 41.0 Å². The Bertz CT molecular complexity index is 731. The summed E-state index contributed by atoms with van der Waals surface area (Å²) in [7, 11) is 0. The van der Waals surface area contributed by atoms with Crippen molar-refractivity contribution in [1.82, 2.24) is 9.97 Å². The summed E-state index contributed by atoms with van der Waals surface area (Å²) in [6, 6.07) is 9.55. The van der Waals surface area contributed by atoms with Gasteiger partial charge in [-0.3, -0.25) is 4.79 Å². The molecule has 4 heteroatoms. The van der Waals surface area contributed by atoms with Crippen molar-refractivity contribution in [1.29, 1.82) is 0 Å². The summed E-state index contributed by atoms with van der Waals surface area (Å²) in [5, 5.41) is 0.979. The first-order valence-corrected chi connectivity index (χ1v) is 5.55. The highest BCUT2D eigenvalue weighted by molar-refractivity contribution is 5.93. The fourth-order valence-corrected chi connectivity index (χ4v) is 1.96. The topological polar surface area (TPSA) is 56.0 Å². The molecule has 0 saturated carbocycles. The molecule has 0 saturated heterocycles. The van der Waals surface area contributed by atoms with E-state index in [0.717, 1.165) is 22.2 Å². The van der Waals surface area contributed by atoms with Crippen molar-refractivity contribution >= 4 is 17.3 Å². The highest BCUT2D eigenvalue weighted by Gasteiger charge is 2.10. The van der Waals surface area contributed by atoms with Crippen molar-refractivity contribution in [3.05, 3.63) is 48.1 Å². The zero-order chi connectivity index (χ0) is 12.5. The van der Waals surface area contributed by atoms with Gasteiger partial charge in [0.05, 0.1) is 5.69 Å². The molecule has 88 valence electrons. The molecule has 0 amide bonds. The maximum Gasteiger partial charge on any atom is 0.193 e. The Morgan fingerprint density at radius 3 is 2.89 bits per heavy atom. The second-order valence-corrected chi connectivity index (χ2v) is 4.02. The molecule has 18 heavy (non-hydrogen) atoms. The highest BCUT2D eigenvalue weighted by Crippen LogP contribution is 2.29. The van der Waals surface area contributed by atoms with Gasteiger partial charge in [-0.25, -0.2) is 9.97 Å². The molecule has 0 atom stereocenters. The molecule has 0 spiro atoms. The van der Waals surface area contributed by atoms with E-state index >= 15 is 0 Å². The number of carbonyl (C=O) groups excluding carboxylic acids is 1. The SMILES string of the molecule is Cc1cc(-c2coc3ccccc23)nc(C=O)n1. The molecule has 1 aromatic carbocycles. The molecule has 3 rings (SSSR count). The van der Waals surface area contributed by atoms with Gasteiger partial charge < -0.3 is 4.42 Å². The molecule has 0 radical (unpaired) electrons. The summed E-state index contributed by atoms with van der Waals surface area (Å²) < 4.78 is 5.47. The van der Waals surface area contributed by atoms with Crippen LogP contribution in [0.4, 0.5) is 0 Å². The number of hydrogen-bond donors (Lipinski definition) is 0. The first-order valence-electron chi connectivity index (χ1n) is 5.55. The lowest BCUT2D eigenvalue weighted by atomic mass is 10.1. The number of benzene rings is 1. The largest absolute Gasteiger partial charge is 0.464 e. The van der Waals surface area contributed by atoms with Gasteiger partial charge in [0.1, 0.15) is 11.8 Å². The molecule has 0 fully saturated rings. The first kappa shape index (κ1) is 10.7. The number of hydrogen-bond acceptors (Lipinski definition) is 4. The van der Waals surface area contributed by atoms with E-state index in [1.165, 1.54) is 0 Å². The maximum absolute atomic E-state index is 10.8. The number of carbonyl (C=O) groups is 1. The van der Waals surface area contributed by atoms with E-state index in [1.807, 2.05) is 37.3 Å². The van der Waals surface area contributed by atoms with Crippen molar-refractivity contribution in [3.63, 3.8) is 0 Å². The number of rotatable bonds is 2. The second kappa shape index (κ2) is 4.07. The Hall–Kier alpha value is -2.49. The summed E-state index contributed by atoms with van der Waals surface area (Å²) in [4.78, 5) is 19.0. The van der Waals surface area contributed by atoms with Gasteiger partial charge >= 0.3 is 0 Å². The number of para-hydroxylation sites is 1. The Morgan fingerprint density at radius 1 is 1.22 bits per heavy atom. The number of furan rings is 1. The van der Waals surface area contributed by atoms with E-state index in [-0.39, 0.29) is 5.82 Å². The van der Waals surface area contributed by atoms with Gasteiger partial charge in [0.25, 0.3) is 0 Å². The van der Waals surface area contributed by atoms with E-state index in [4.69, 9.17) is 4.42 Å². The van der Waals surface area contributed by atoms with Crippen molar-refractivity contribution < 1.29 is 9.21 Å². The zero-order valence-corrected chi connectivity index (χ0v) is 9.75. The third kappa shape index (κ3) is 1.68. The van der Waals surface area contributed by atoms with E-state index < -0.39 is 0 Å². The monoisotopic (exact) mass is 238 g/mol. The number of fused-ring (bicyclic) bond motifs is 1. The molecular weight excluding hydrogens is 228 g/mol. The van der Waals surface area contributed by atoms with Crippen molar-refractivity contribution in [2.75, 3.05) is 0 Å². The van der Waals surface area contributed by atoms with Gasteiger partial charge in [-0.1, -0.05) is 18.2 Å². The predicted molar refractivity (Wildman–Crippen MR) is 67.4 cm³/mol. The minimum atomic E-state index is 0.190. The summed E-state index contributed by atoms with van der Waals surface area (Å²) in [6.45, 7) is 1.83. The van der Waals surface area contributed by atoms with Crippen LogP contribution < -0.4 is 0 Å². The molecule has 0 bridgehead atoms. The van der Waals surface area contributed by atoms with Crippen LogP contribution in [0, 0.1) is 6.92 Å². The fourth-order valence-electron chi connectivity index (χ4n) is 1.96. The normalized spacial score (nSPS) is 10.7. The van der Waals surface area contributed by atoms with Crippen molar-refractivity contribution in [2.24, 2.45) is 0 Å². The Balaban J connectivity index is 2.25. The highest BCUT2D eigenvalue weighted by atomic mass is 16.3. The van der Waals surface area contributed by atoms with Gasteiger partial charge in [0.2, 0.25) is 0 Å².